The van der Waals surface area contributed by atoms with Crippen LogP contribution in [0.3, 0.4) is 0 Å². The van der Waals surface area contributed by atoms with Gasteiger partial charge in [0, 0.05) is 30.6 Å². The molecular formula is C16H21N3OS. The highest BCUT2D eigenvalue weighted by atomic mass is 32.1. The van der Waals surface area contributed by atoms with Crippen LogP contribution in [0.25, 0.3) is 0 Å². The first-order valence-corrected chi connectivity index (χ1v) is 8.19. The smallest absolute Gasteiger partial charge is 0.182 e. The summed E-state index contributed by atoms with van der Waals surface area (Å²) in [5.74, 6) is 0.989. The highest BCUT2D eigenvalue weighted by Gasteiger charge is 2.28. The molecule has 1 saturated heterocycles. The summed E-state index contributed by atoms with van der Waals surface area (Å²) in [6.07, 6.45) is 2.41. The summed E-state index contributed by atoms with van der Waals surface area (Å²) in [5, 5.41) is 6.23. The Morgan fingerprint density at radius 1 is 1.43 bits per heavy atom. The van der Waals surface area contributed by atoms with Gasteiger partial charge >= 0.3 is 0 Å². The SMILES string of the molecule is CNc1nc(CN2CCCC2c2ccccc2OC)cs1. The number of ether oxygens (including phenoxy) is 1. The lowest BCUT2D eigenvalue weighted by Gasteiger charge is -2.25. The van der Waals surface area contributed by atoms with Crippen molar-refractivity contribution < 1.29 is 4.74 Å². The Labute approximate surface area is 129 Å². The number of benzene rings is 1. The van der Waals surface area contributed by atoms with Crippen LogP contribution >= 0.6 is 11.3 Å². The summed E-state index contributed by atoms with van der Waals surface area (Å²) in [5.41, 5.74) is 2.44. The molecule has 1 aromatic carbocycles. The second-order valence-electron chi connectivity index (χ2n) is 5.26. The Kier molecular flexibility index (Phi) is 4.41. The average Bonchev–Trinajstić information content (AvgIpc) is 3.17. The van der Waals surface area contributed by atoms with E-state index in [2.05, 4.69) is 32.7 Å². The fraction of sp³-hybridized carbons (Fsp3) is 0.438. The first-order valence-electron chi connectivity index (χ1n) is 7.31. The lowest BCUT2D eigenvalue weighted by molar-refractivity contribution is 0.241. The maximum absolute atomic E-state index is 5.53. The van der Waals surface area contributed by atoms with Crippen LogP contribution in [0, 0.1) is 0 Å². The molecule has 1 aromatic heterocycles. The number of hydrogen-bond donors (Lipinski definition) is 1. The summed E-state index contributed by atoms with van der Waals surface area (Å²) >= 11 is 1.66. The molecule has 112 valence electrons. The van der Waals surface area contributed by atoms with Gasteiger partial charge in [0.15, 0.2) is 5.13 Å². The molecule has 0 spiro atoms. The second-order valence-corrected chi connectivity index (χ2v) is 6.12. The van der Waals surface area contributed by atoms with Crippen molar-refractivity contribution in [1.82, 2.24) is 9.88 Å². The van der Waals surface area contributed by atoms with Crippen molar-refractivity contribution in [2.45, 2.75) is 25.4 Å². The van der Waals surface area contributed by atoms with E-state index in [0.717, 1.165) is 29.7 Å². The minimum Gasteiger partial charge on any atom is -0.496 e. The maximum Gasteiger partial charge on any atom is 0.182 e. The fourth-order valence-corrected chi connectivity index (χ4v) is 3.67. The number of nitrogens with one attached hydrogen (secondary N) is 1. The Morgan fingerprint density at radius 2 is 2.29 bits per heavy atom. The molecule has 0 saturated carbocycles. The molecule has 0 radical (unpaired) electrons. The lowest BCUT2D eigenvalue weighted by atomic mass is 10.0. The average molecular weight is 303 g/mol. The standard InChI is InChI=1S/C16H21N3OS/c1-17-16-18-12(11-21-16)10-19-9-5-7-14(19)13-6-3-4-8-15(13)20-2/h3-4,6,8,11,14H,5,7,9-10H2,1-2H3,(H,17,18). The zero-order valence-electron chi connectivity index (χ0n) is 12.5. The Balaban J connectivity index is 1.79. The first-order chi connectivity index (χ1) is 10.3. The van der Waals surface area contributed by atoms with Crippen LogP contribution in [-0.4, -0.2) is 30.6 Å². The number of likely N-dealkylation sites (tertiary alicyclic amines) is 1. The molecule has 5 heteroatoms. The van der Waals surface area contributed by atoms with Crippen LogP contribution in [0.4, 0.5) is 5.13 Å². The van der Waals surface area contributed by atoms with Gasteiger partial charge in [-0.3, -0.25) is 4.90 Å². The monoisotopic (exact) mass is 303 g/mol. The van der Waals surface area contributed by atoms with Crippen molar-refractivity contribution in [2.75, 3.05) is 26.0 Å². The van der Waals surface area contributed by atoms with Crippen molar-refractivity contribution >= 4 is 16.5 Å². The molecule has 0 aliphatic carbocycles. The van der Waals surface area contributed by atoms with E-state index in [1.54, 1.807) is 18.4 Å². The Hall–Kier alpha value is -1.59. The molecule has 0 bridgehead atoms. The second kappa shape index (κ2) is 6.45. The van der Waals surface area contributed by atoms with E-state index in [9.17, 15) is 0 Å². The normalized spacial score (nSPS) is 18.9. The van der Waals surface area contributed by atoms with Gasteiger partial charge in [-0.1, -0.05) is 18.2 Å². The third-order valence-corrected chi connectivity index (χ3v) is 4.90. The fourth-order valence-electron chi connectivity index (χ4n) is 3.01. The van der Waals surface area contributed by atoms with Gasteiger partial charge in [0.1, 0.15) is 5.75 Å². The predicted octanol–water partition coefficient (Wildman–Crippen LogP) is 3.53. The van der Waals surface area contributed by atoms with Gasteiger partial charge in [0.25, 0.3) is 0 Å². The van der Waals surface area contributed by atoms with Crippen molar-refractivity contribution in [2.24, 2.45) is 0 Å². The number of thiazole rings is 1. The van der Waals surface area contributed by atoms with Gasteiger partial charge in [0.2, 0.25) is 0 Å². The summed E-state index contributed by atoms with van der Waals surface area (Å²) < 4.78 is 5.53. The van der Waals surface area contributed by atoms with Gasteiger partial charge in [-0.05, 0) is 25.5 Å². The van der Waals surface area contributed by atoms with E-state index in [0.29, 0.717) is 6.04 Å². The lowest BCUT2D eigenvalue weighted by Crippen LogP contribution is -2.23. The molecule has 1 atom stereocenters. The molecule has 1 aliphatic rings. The van der Waals surface area contributed by atoms with E-state index in [-0.39, 0.29) is 0 Å². The topological polar surface area (TPSA) is 37.4 Å². The maximum atomic E-state index is 5.53. The number of methoxy groups -OCH3 is 1. The molecule has 21 heavy (non-hydrogen) atoms. The number of anilines is 1. The first kappa shape index (κ1) is 14.4. The minimum absolute atomic E-state index is 0.431. The minimum atomic E-state index is 0.431. The Morgan fingerprint density at radius 3 is 3.05 bits per heavy atom. The summed E-state index contributed by atoms with van der Waals surface area (Å²) in [6.45, 7) is 2.02. The van der Waals surface area contributed by atoms with Crippen LogP contribution in [0.15, 0.2) is 29.6 Å². The number of nitrogens with zero attached hydrogens (tertiary/aromatic N) is 2. The largest absolute Gasteiger partial charge is 0.496 e. The molecule has 2 heterocycles. The van der Waals surface area contributed by atoms with E-state index >= 15 is 0 Å². The summed E-state index contributed by atoms with van der Waals surface area (Å²) in [4.78, 5) is 7.10. The van der Waals surface area contributed by atoms with Crippen LogP contribution in [0.2, 0.25) is 0 Å². The molecule has 0 amide bonds. The van der Waals surface area contributed by atoms with Gasteiger partial charge in [-0.2, -0.15) is 0 Å². The van der Waals surface area contributed by atoms with E-state index < -0.39 is 0 Å². The molecule has 2 aromatic rings. The third kappa shape index (κ3) is 3.04. The summed E-state index contributed by atoms with van der Waals surface area (Å²) in [7, 11) is 3.66. The molecule has 1 N–H and O–H groups in total. The number of hydrogen-bond acceptors (Lipinski definition) is 5. The molecule has 3 rings (SSSR count). The number of para-hydroxylation sites is 1. The van der Waals surface area contributed by atoms with E-state index in [4.69, 9.17) is 4.74 Å². The van der Waals surface area contributed by atoms with Crippen molar-refractivity contribution in [3.63, 3.8) is 0 Å². The van der Waals surface area contributed by atoms with Crippen LogP contribution in [0.5, 0.6) is 5.75 Å². The zero-order valence-corrected chi connectivity index (χ0v) is 13.3. The summed E-state index contributed by atoms with van der Waals surface area (Å²) in [6, 6.07) is 8.79. The van der Waals surface area contributed by atoms with E-state index in [1.807, 2.05) is 19.2 Å². The highest BCUT2D eigenvalue weighted by Crippen LogP contribution is 2.37. The van der Waals surface area contributed by atoms with Crippen LogP contribution in [-0.2, 0) is 6.54 Å². The molecular weight excluding hydrogens is 282 g/mol. The van der Waals surface area contributed by atoms with Gasteiger partial charge in [-0.25, -0.2) is 4.98 Å². The number of rotatable bonds is 5. The van der Waals surface area contributed by atoms with Crippen molar-refractivity contribution in [1.29, 1.82) is 0 Å². The van der Waals surface area contributed by atoms with Crippen LogP contribution in [0.1, 0.15) is 30.1 Å². The van der Waals surface area contributed by atoms with Gasteiger partial charge in [0.05, 0.1) is 12.8 Å². The van der Waals surface area contributed by atoms with Crippen molar-refractivity contribution in [3.05, 3.63) is 40.9 Å². The predicted molar refractivity (Wildman–Crippen MR) is 87.0 cm³/mol. The van der Waals surface area contributed by atoms with Crippen LogP contribution < -0.4 is 10.1 Å². The molecule has 1 unspecified atom stereocenters. The quantitative estimate of drug-likeness (QED) is 0.917. The Bertz CT molecular complexity index is 599. The van der Waals surface area contributed by atoms with Gasteiger partial charge in [-0.15, -0.1) is 11.3 Å². The van der Waals surface area contributed by atoms with Crippen molar-refractivity contribution in [3.8, 4) is 5.75 Å². The molecule has 1 aliphatic heterocycles. The van der Waals surface area contributed by atoms with E-state index in [1.165, 1.54) is 18.4 Å². The molecule has 4 nitrogen and oxygen atoms in total. The number of aromatic nitrogens is 1. The zero-order chi connectivity index (χ0) is 14.7. The third-order valence-electron chi connectivity index (χ3n) is 3.99. The highest BCUT2D eigenvalue weighted by molar-refractivity contribution is 7.13. The van der Waals surface area contributed by atoms with Gasteiger partial charge < -0.3 is 10.1 Å². The molecule has 1 fully saturated rings.